The number of rotatable bonds is 5. The number of fused-ring (bicyclic) bond motifs is 1. The van der Waals surface area contributed by atoms with Gasteiger partial charge in [0.2, 0.25) is 0 Å². The lowest BCUT2D eigenvalue weighted by Crippen LogP contribution is -1.99. The van der Waals surface area contributed by atoms with E-state index in [4.69, 9.17) is 10.2 Å². The molecule has 4 heterocycles. The van der Waals surface area contributed by atoms with E-state index in [-0.39, 0.29) is 0 Å². The fourth-order valence-corrected chi connectivity index (χ4v) is 3.27. The summed E-state index contributed by atoms with van der Waals surface area (Å²) in [6.45, 7) is 0.619. The molecule has 30 heavy (non-hydrogen) atoms. The van der Waals surface area contributed by atoms with E-state index in [1.165, 1.54) is 0 Å². The molecule has 0 aliphatic heterocycles. The minimum atomic E-state index is 0.619. The molecule has 2 N–H and O–H groups in total. The highest BCUT2D eigenvalue weighted by molar-refractivity contribution is 5.90. The third-order valence-corrected chi connectivity index (χ3v) is 4.73. The van der Waals surface area contributed by atoms with Crippen LogP contribution in [0.15, 0.2) is 61.4 Å². The third kappa shape index (κ3) is 3.38. The fourth-order valence-electron chi connectivity index (χ4n) is 3.27. The Bertz CT molecular complexity index is 1370. The number of nitriles is 1. The van der Waals surface area contributed by atoms with Crippen LogP contribution in [0, 0.1) is 11.3 Å². The summed E-state index contributed by atoms with van der Waals surface area (Å²) in [7, 11) is 1.86. The summed E-state index contributed by atoms with van der Waals surface area (Å²) in [5.41, 5.74) is 5.92. The van der Waals surface area contributed by atoms with E-state index in [0.29, 0.717) is 23.6 Å². The number of hydrogen-bond donors (Lipinski definition) is 2. The quantitative estimate of drug-likeness (QED) is 0.472. The van der Waals surface area contributed by atoms with Crippen molar-refractivity contribution in [3.63, 3.8) is 0 Å². The molecule has 0 atom stereocenters. The fraction of sp³-hybridized carbons (Fsp3) is 0.0952. The highest BCUT2D eigenvalue weighted by Crippen LogP contribution is 2.27. The number of anilines is 2. The molecule has 5 aromatic rings. The van der Waals surface area contributed by atoms with Crippen molar-refractivity contribution in [3.8, 4) is 17.2 Å². The van der Waals surface area contributed by atoms with Gasteiger partial charge in [-0.05, 0) is 17.7 Å². The van der Waals surface area contributed by atoms with Crippen LogP contribution < -0.4 is 5.32 Å². The molecule has 0 saturated heterocycles. The van der Waals surface area contributed by atoms with Gasteiger partial charge in [0.1, 0.15) is 11.3 Å². The standard InChI is InChI=1S/C21H17N9/c1-29-13-17(8-25-29)27-19-10-24-21-20(28-19)18(9-23-21)16-7-26-30(12-16)11-15-4-2-14(6-22)3-5-15/h2-5,7-10,12-13H,11H2,1H3,(H,23,24)(H,27,28). The van der Waals surface area contributed by atoms with Crippen LogP contribution in [0.2, 0.25) is 0 Å². The van der Waals surface area contributed by atoms with Crippen LogP contribution >= 0.6 is 0 Å². The van der Waals surface area contributed by atoms with Crippen molar-refractivity contribution >= 4 is 22.7 Å². The van der Waals surface area contributed by atoms with Crippen molar-refractivity contribution in [2.45, 2.75) is 6.54 Å². The Morgan fingerprint density at radius 3 is 2.73 bits per heavy atom. The van der Waals surface area contributed by atoms with Gasteiger partial charge in [0, 0.05) is 36.8 Å². The topological polar surface area (TPSA) is 113 Å². The lowest BCUT2D eigenvalue weighted by Gasteiger charge is -2.03. The minimum Gasteiger partial charge on any atom is -0.344 e. The maximum atomic E-state index is 8.93. The monoisotopic (exact) mass is 395 g/mol. The Morgan fingerprint density at radius 2 is 1.97 bits per heavy atom. The first-order chi connectivity index (χ1) is 14.7. The molecule has 0 aliphatic rings. The number of H-pyrrole nitrogens is 1. The molecule has 146 valence electrons. The molecule has 9 heteroatoms. The molecule has 5 rings (SSSR count). The van der Waals surface area contributed by atoms with E-state index in [1.54, 1.807) is 17.1 Å². The summed E-state index contributed by atoms with van der Waals surface area (Å²) in [6.07, 6.45) is 11.0. The van der Waals surface area contributed by atoms with Crippen molar-refractivity contribution < 1.29 is 0 Å². The smallest absolute Gasteiger partial charge is 0.156 e. The highest BCUT2D eigenvalue weighted by atomic mass is 15.3. The average Bonchev–Trinajstić information content (AvgIpc) is 3.48. The van der Waals surface area contributed by atoms with Gasteiger partial charge in [0.25, 0.3) is 0 Å². The summed E-state index contributed by atoms with van der Waals surface area (Å²) in [6, 6.07) is 9.63. The van der Waals surface area contributed by atoms with Gasteiger partial charge < -0.3 is 10.3 Å². The average molecular weight is 395 g/mol. The summed E-state index contributed by atoms with van der Waals surface area (Å²) >= 11 is 0. The van der Waals surface area contributed by atoms with E-state index in [1.807, 2.05) is 60.8 Å². The molecule has 0 spiro atoms. The van der Waals surface area contributed by atoms with Crippen LogP contribution in [0.4, 0.5) is 11.5 Å². The Hall–Kier alpha value is -4.45. The Balaban J connectivity index is 1.41. The summed E-state index contributed by atoms with van der Waals surface area (Å²) in [5, 5.41) is 20.8. The number of aryl methyl sites for hydroxylation is 1. The number of hydrogen-bond acceptors (Lipinski definition) is 6. The number of nitrogens with one attached hydrogen (secondary N) is 2. The highest BCUT2D eigenvalue weighted by Gasteiger charge is 2.12. The molecule has 0 radical (unpaired) electrons. The predicted molar refractivity (Wildman–Crippen MR) is 112 cm³/mol. The van der Waals surface area contributed by atoms with Crippen LogP contribution in [-0.4, -0.2) is 34.5 Å². The lowest BCUT2D eigenvalue weighted by molar-refractivity contribution is 0.687. The molecular weight excluding hydrogens is 378 g/mol. The van der Waals surface area contributed by atoms with Gasteiger partial charge in [-0.15, -0.1) is 0 Å². The molecule has 0 fully saturated rings. The molecule has 9 nitrogen and oxygen atoms in total. The maximum Gasteiger partial charge on any atom is 0.156 e. The van der Waals surface area contributed by atoms with Crippen molar-refractivity contribution in [2.75, 3.05) is 5.32 Å². The van der Waals surface area contributed by atoms with Crippen LogP contribution in [0.1, 0.15) is 11.1 Å². The summed E-state index contributed by atoms with van der Waals surface area (Å²) < 4.78 is 3.58. The number of benzene rings is 1. The van der Waals surface area contributed by atoms with E-state index in [0.717, 1.165) is 27.9 Å². The van der Waals surface area contributed by atoms with Gasteiger partial charge in [-0.1, -0.05) is 12.1 Å². The number of aromatic amines is 1. The normalized spacial score (nSPS) is 10.9. The van der Waals surface area contributed by atoms with Gasteiger partial charge in [0.15, 0.2) is 5.65 Å². The molecular formula is C21H17N9. The predicted octanol–water partition coefficient (Wildman–Crippen LogP) is 3.22. The Morgan fingerprint density at radius 1 is 1.10 bits per heavy atom. The summed E-state index contributed by atoms with van der Waals surface area (Å²) in [5.74, 6) is 0.640. The molecule has 0 saturated carbocycles. The van der Waals surface area contributed by atoms with E-state index >= 15 is 0 Å². The van der Waals surface area contributed by atoms with Gasteiger partial charge in [-0.2, -0.15) is 15.5 Å². The zero-order valence-electron chi connectivity index (χ0n) is 16.1. The molecule has 1 aromatic carbocycles. The van der Waals surface area contributed by atoms with Crippen LogP contribution in [0.3, 0.4) is 0 Å². The Kier molecular flexibility index (Phi) is 4.22. The first-order valence-electron chi connectivity index (χ1n) is 9.29. The van der Waals surface area contributed by atoms with Crippen LogP contribution in [-0.2, 0) is 13.6 Å². The maximum absolute atomic E-state index is 8.93. The van der Waals surface area contributed by atoms with Gasteiger partial charge in [-0.25, -0.2) is 9.97 Å². The third-order valence-electron chi connectivity index (χ3n) is 4.73. The molecule has 0 bridgehead atoms. The number of aromatic nitrogens is 7. The lowest BCUT2D eigenvalue weighted by atomic mass is 10.1. The van der Waals surface area contributed by atoms with Crippen LogP contribution in [0.25, 0.3) is 22.3 Å². The van der Waals surface area contributed by atoms with E-state index < -0.39 is 0 Å². The van der Waals surface area contributed by atoms with Gasteiger partial charge in [-0.3, -0.25) is 9.36 Å². The molecule has 4 aromatic heterocycles. The molecule has 0 aliphatic carbocycles. The molecule has 0 unspecified atom stereocenters. The second-order valence-electron chi connectivity index (χ2n) is 6.92. The van der Waals surface area contributed by atoms with E-state index in [2.05, 4.69) is 31.6 Å². The first-order valence-corrected chi connectivity index (χ1v) is 9.29. The van der Waals surface area contributed by atoms with Gasteiger partial charge >= 0.3 is 0 Å². The van der Waals surface area contributed by atoms with Crippen molar-refractivity contribution in [3.05, 3.63) is 72.6 Å². The number of nitrogens with zero attached hydrogens (tertiary/aromatic N) is 7. The van der Waals surface area contributed by atoms with E-state index in [9.17, 15) is 0 Å². The largest absolute Gasteiger partial charge is 0.344 e. The minimum absolute atomic E-state index is 0.619. The van der Waals surface area contributed by atoms with Crippen molar-refractivity contribution in [2.24, 2.45) is 7.05 Å². The SMILES string of the molecule is Cn1cc(Nc2cnc3[nH]cc(-c4cnn(Cc5ccc(C#N)cc5)c4)c3n2)cn1. The van der Waals surface area contributed by atoms with Gasteiger partial charge in [0.05, 0.1) is 42.5 Å². The second-order valence-corrected chi connectivity index (χ2v) is 6.92. The van der Waals surface area contributed by atoms with Crippen molar-refractivity contribution in [1.29, 1.82) is 5.26 Å². The second kappa shape index (κ2) is 7.18. The zero-order chi connectivity index (χ0) is 20.5. The molecule has 0 amide bonds. The van der Waals surface area contributed by atoms with Crippen molar-refractivity contribution in [1.82, 2.24) is 34.5 Å². The summed E-state index contributed by atoms with van der Waals surface area (Å²) in [4.78, 5) is 12.3. The Labute approximate surface area is 171 Å². The first kappa shape index (κ1) is 17.6. The van der Waals surface area contributed by atoms with Crippen LogP contribution in [0.5, 0.6) is 0 Å². The zero-order valence-corrected chi connectivity index (χ0v) is 16.1.